The molecule has 1 N–H and O–H groups in total. The normalized spacial score (nSPS) is 20.5. The van der Waals surface area contributed by atoms with Crippen LogP contribution >= 0.6 is 0 Å². The van der Waals surface area contributed by atoms with Crippen LogP contribution in [0.2, 0.25) is 0 Å². The Kier molecular flexibility index (Phi) is 4.55. The largest absolute Gasteiger partial charge is 0.240 e. The summed E-state index contributed by atoms with van der Waals surface area (Å²) in [7, 11) is 0. The Labute approximate surface area is 69.7 Å². The molecule has 0 aromatic carbocycles. The van der Waals surface area contributed by atoms with Gasteiger partial charge in [-0.3, -0.25) is 0 Å². The van der Waals surface area contributed by atoms with Crippen molar-refractivity contribution >= 4 is 0 Å². The molecular formula is C9H19N2. The van der Waals surface area contributed by atoms with E-state index in [-0.39, 0.29) is 0 Å². The maximum atomic E-state index is 4.12. The Morgan fingerprint density at radius 2 is 2.00 bits per heavy atom. The molecule has 1 aliphatic rings. The summed E-state index contributed by atoms with van der Waals surface area (Å²) in [5.41, 5.74) is 7.25. The Morgan fingerprint density at radius 1 is 1.27 bits per heavy atom. The van der Waals surface area contributed by atoms with Crippen LogP contribution in [0.3, 0.4) is 0 Å². The van der Waals surface area contributed by atoms with E-state index in [0.29, 0.717) is 0 Å². The minimum absolute atomic E-state index is 0.896. The van der Waals surface area contributed by atoms with Crippen molar-refractivity contribution in [3.8, 4) is 0 Å². The quantitative estimate of drug-likeness (QED) is 0.485. The van der Waals surface area contributed by atoms with E-state index in [1.165, 1.54) is 32.1 Å². The maximum absolute atomic E-state index is 4.12. The van der Waals surface area contributed by atoms with E-state index < -0.39 is 0 Å². The molecule has 11 heavy (non-hydrogen) atoms. The molecule has 1 radical (unpaired) electrons. The Morgan fingerprint density at radius 3 is 2.64 bits per heavy atom. The lowest BCUT2D eigenvalue weighted by atomic mass is 9.89. The van der Waals surface area contributed by atoms with Crippen molar-refractivity contribution in [1.82, 2.24) is 10.9 Å². The van der Waals surface area contributed by atoms with Gasteiger partial charge in [0.2, 0.25) is 0 Å². The van der Waals surface area contributed by atoms with Crippen LogP contribution in [0.5, 0.6) is 0 Å². The molecule has 0 spiro atoms. The van der Waals surface area contributed by atoms with E-state index >= 15 is 0 Å². The van der Waals surface area contributed by atoms with Crippen LogP contribution in [0.1, 0.15) is 39.0 Å². The minimum atomic E-state index is 0.896. The summed E-state index contributed by atoms with van der Waals surface area (Å²) in [6, 6.07) is 0. The number of rotatable bonds is 4. The van der Waals surface area contributed by atoms with E-state index in [0.717, 1.165) is 19.0 Å². The molecule has 0 aromatic heterocycles. The molecule has 1 saturated carbocycles. The molecular weight excluding hydrogens is 136 g/mol. The first-order chi connectivity index (χ1) is 5.43. The zero-order chi connectivity index (χ0) is 7.94. The lowest BCUT2D eigenvalue weighted by Crippen LogP contribution is -2.30. The highest BCUT2D eigenvalue weighted by molar-refractivity contribution is 4.66. The fourth-order valence-corrected chi connectivity index (χ4v) is 1.70. The van der Waals surface area contributed by atoms with Crippen LogP contribution in [0.25, 0.3) is 0 Å². The van der Waals surface area contributed by atoms with Crippen molar-refractivity contribution in [3.05, 3.63) is 0 Å². The lowest BCUT2D eigenvalue weighted by molar-refractivity contribution is 0.325. The predicted molar refractivity (Wildman–Crippen MR) is 47.3 cm³/mol. The monoisotopic (exact) mass is 155 g/mol. The molecule has 0 aliphatic heterocycles. The third-order valence-corrected chi connectivity index (χ3v) is 2.37. The maximum Gasteiger partial charge on any atom is 0.0275 e. The third kappa shape index (κ3) is 3.73. The van der Waals surface area contributed by atoms with E-state index in [2.05, 4.69) is 17.8 Å². The predicted octanol–water partition coefficient (Wildman–Crippen LogP) is 1.70. The van der Waals surface area contributed by atoms with Gasteiger partial charge < -0.3 is 0 Å². The van der Waals surface area contributed by atoms with Gasteiger partial charge >= 0.3 is 0 Å². The lowest BCUT2D eigenvalue weighted by Gasteiger charge is -2.21. The first-order valence-electron chi connectivity index (χ1n) is 4.83. The van der Waals surface area contributed by atoms with Gasteiger partial charge in [0, 0.05) is 13.1 Å². The average Bonchev–Trinajstić information content (AvgIpc) is 2.07. The Bertz CT molecular complexity index is 87.6. The van der Waals surface area contributed by atoms with Crippen molar-refractivity contribution < 1.29 is 0 Å². The highest BCUT2D eigenvalue weighted by Gasteiger charge is 2.12. The van der Waals surface area contributed by atoms with Gasteiger partial charge in [-0.2, -0.15) is 5.43 Å². The van der Waals surface area contributed by atoms with Crippen molar-refractivity contribution in [2.75, 3.05) is 13.1 Å². The molecule has 0 amide bonds. The van der Waals surface area contributed by atoms with Crippen LogP contribution in [-0.2, 0) is 0 Å². The van der Waals surface area contributed by atoms with Crippen LogP contribution in [-0.4, -0.2) is 13.1 Å². The summed E-state index contributed by atoms with van der Waals surface area (Å²) in [5, 5.41) is 0. The molecule has 65 valence electrons. The molecule has 1 fully saturated rings. The second-order valence-electron chi connectivity index (χ2n) is 3.34. The summed E-state index contributed by atoms with van der Waals surface area (Å²) in [6.07, 6.45) is 7.12. The second kappa shape index (κ2) is 5.56. The van der Waals surface area contributed by atoms with Gasteiger partial charge in [0.15, 0.2) is 0 Å². The van der Waals surface area contributed by atoms with Crippen molar-refractivity contribution in [2.24, 2.45) is 5.92 Å². The first kappa shape index (κ1) is 9.01. The minimum Gasteiger partial charge on any atom is -0.240 e. The number of hydrogen-bond donors (Lipinski definition) is 1. The van der Waals surface area contributed by atoms with Crippen LogP contribution < -0.4 is 10.9 Å². The fourth-order valence-electron chi connectivity index (χ4n) is 1.70. The SMILES string of the molecule is CC[N]NCC1CCCCC1. The van der Waals surface area contributed by atoms with Gasteiger partial charge in [0.25, 0.3) is 0 Å². The van der Waals surface area contributed by atoms with Gasteiger partial charge in [-0.05, 0) is 25.7 Å². The van der Waals surface area contributed by atoms with Crippen molar-refractivity contribution in [2.45, 2.75) is 39.0 Å². The van der Waals surface area contributed by atoms with Crippen molar-refractivity contribution in [1.29, 1.82) is 0 Å². The smallest absolute Gasteiger partial charge is 0.0275 e. The van der Waals surface area contributed by atoms with E-state index in [1.807, 2.05) is 0 Å². The van der Waals surface area contributed by atoms with E-state index in [1.54, 1.807) is 0 Å². The molecule has 0 unspecified atom stereocenters. The zero-order valence-corrected chi connectivity index (χ0v) is 7.47. The summed E-state index contributed by atoms with van der Waals surface area (Å²) in [4.78, 5) is 0. The van der Waals surface area contributed by atoms with Crippen LogP contribution in [0.15, 0.2) is 0 Å². The van der Waals surface area contributed by atoms with E-state index in [9.17, 15) is 0 Å². The molecule has 1 rings (SSSR count). The third-order valence-electron chi connectivity index (χ3n) is 2.37. The topological polar surface area (TPSA) is 26.1 Å². The molecule has 2 nitrogen and oxygen atoms in total. The Balaban J connectivity index is 1.96. The second-order valence-corrected chi connectivity index (χ2v) is 3.34. The van der Waals surface area contributed by atoms with Gasteiger partial charge in [-0.15, -0.1) is 0 Å². The Hall–Kier alpha value is -0.0800. The molecule has 0 saturated heterocycles. The number of nitrogens with one attached hydrogen (secondary N) is 1. The summed E-state index contributed by atoms with van der Waals surface area (Å²) in [6.45, 7) is 4.06. The standard InChI is InChI=1S/C9H19N2/c1-2-10-11-8-9-6-4-3-5-7-9/h9,11H,2-8H2,1H3. The van der Waals surface area contributed by atoms with Crippen LogP contribution in [0.4, 0.5) is 0 Å². The highest BCUT2D eigenvalue weighted by Crippen LogP contribution is 2.22. The molecule has 0 aromatic rings. The molecule has 0 heterocycles. The summed E-state index contributed by atoms with van der Waals surface area (Å²) < 4.78 is 0. The van der Waals surface area contributed by atoms with Gasteiger partial charge in [-0.1, -0.05) is 19.3 Å². The summed E-state index contributed by atoms with van der Waals surface area (Å²) in [5.74, 6) is 0.902. The van der Waals surface area contributed by atoms with Gasteiger partial charge in [0.1, 0.15) is 0 Å². The van der Waals surface area contributed by atoms with E-state index in [4.69, 9.17) is 0 Å². The molecule has 2 heteroatoms. The average molecular weight is 155 g/mol. The van der Waals surface area contributed by atoms with Gasteiger partial charge in [0.05, 0.1) is 0 Å². The van der Waals surface area contributed by atoms with Gasteiger partial charge in [-0.25, -0.2) is 5.43 Å². The summed E-state index contributed by atoms with van der Waals surface area (Å²) >= 11 is 0. The zero-order valence-electron chi connectivity index (χ0n) is 7.47. The number of hydrogen-bond acceptors (Lipinski definition) is 1. The molecule has 0 bridgehead atoms. The highest BCUT2D eigenvalue weighted by atomic mass is 15.3. The molecule has 1 aliphatic carbocycles. The van der Waals surface area contributed by atoms with Crippen LogP contribution in [0, 0.1) is 5.92 Å². The number of nitrogens with zero attached hydrogens (tertiary/aromatic N) is 1. The first-order valence-corrected chi connectivity index (χ1v) is 4.83. The van der Waals surface area contributed by atoms with Crippen molar-refractivity contribution in [3.63, 3.8) is 0 Å². The molecule has 0 atom stereocenters. The fraction of sp³-hybridized carbons (Fsp3) is 1.00.